The van der Waals surface area contributed by atoms with Crippen LogP contribution in [0.5, 0.6) is 5.75 Å². The van der Waals surface area contributed by atoms with Gasteiger partial charge in [-0.2, -0.15) is 5.10 Å². The van der Waals surface area contributed by atoms with Crippen molar-refractivity contribution in [1.29, 1.82) is 0 Å². The van der Waals surface area contributed by atoms with Gasteiger partial charge in [-0.1, -0.05) is 11.6 Å². The Morgan fingerprint density at radius 3 is 2.48 bits per heavy atom. The van der Waals surface area contributed by atoms with Gasteiger partial charge in [0.15, 0.2) is 0 Å². The first-order valence-corrected chi connectivity index (χ1v) is 8.32. The number of amides is 1. The van der Waals surface area contributed by atoms with Crippen molar-refractivity contribution in [2.45, 2.75) is 45.7 Å². The molecule has 148 valence electrons. The summed E-state index contributed by atoms with van der Waals surface area (Å²) in [6.07, 6.45) is -5.41. The van der Waals surface area contributed by atoms with Crippen LogP contribution in [0.1, 0.15) is 39.4 Å². The van der Waals surface area contributed by atoms with E-state index >= 15 is 0 Å². The number of carbonyl (C=O) groups is 1. The number of aromatic amines is 1. The van der Waals surface area contributed by atoms with E-state index in [1.807, 2.05) is 0 Å². The molecule has 0 spiro atoms. The van der Waals surface area contributed by atoms with Gasteiger partial charge in [0, 0.05) is 5.56 Å². The van der Waals surface area contributed by atoms with Crippen LogP contribution in [0.3, 0.4) is 0 Å². The van der Waals surface area contributed by atoms with Gasteiger partial charge in [0.1, 0.15) is 11.4 Å². The van der Waals surface area contributed by atoms with E-state index in [0.717, 1.165) is 6.07 Å². The van der Waals surface area contributed by atoms with E-state index in [2.05, 4.69) is 20.3 Å². The standard InChI is InChI=1S/C17H19ClF3N3O3/c1-9(22-15(25)27-16(2,3)4)12-8-13(24-23-12)10-5-6-14(11(18)7-10)26-17(19,20)21/h5-9H,1-4H3,(H,22,25)(H,23,24)/t9-/m0/s1. The highest BCUT2D eigenvalue weighted by Crippen LogP contribution is 2.33. The predicted octanol–water partition coefficient (Wildman–Crippen LogP) is 5.21. The highest BCUT2D eigenvalue weighted by Gasteiger charge is 2.32. The van der Waals surface area contributed by atoms with Crippen LogP contribution in [0.15, 0.2) is 24.3 Å². The third kappa shape index (κ3) is 6.35. The number of aromatic nitrogens is 2. The summed E-state index contributed by atoms with van der Waals surface area (Å²) in [6.45, 7) is 6.98. The van der Waals surface area contributed by atoms with Crippen molar-refractivity contribution in [3.63, 3.8) is 0 Å². The molecule has 0 aliphatic rings. The fourth-order valence-electron chi connectivity index (χ4n) is 2.14. The summed E-state index contributed by atoms with van der Waals surface area (Å²) in [6, 6.07) is 5.05. The van der Waals surface area contributed by atoms with Crippen LogP contribution in [0.2, 0.25) is 5.02 Å². The Hall–Kier alpha value is -2.42. The summed E-state index contributed by atoms with van der Waals surface area (Å²) in [4.78, 5) is 11.8. The molecule has 2 N–H and O–H groups in total. The van der Waals surface area contributed by atoms with Crippen LogP contribution in [0.25, 0.3) is 11.3 Å². The zero-order chi connectivity index (χ0) is 20.4. The second-order valence-electron chi connectivity index (χ2n) is 6.77. The number of rotatable bonds is 4. The van der Waals surface area contributed by atoms with Gasteiger partial charge >= 0.3 is 12.5 Å². The summed E-state index contributed by atoms with van der Waals surface area (Å²) in [5.74, 6) is -0.497. The molecule has 10 heteroatoms. The normalized spacial score (nSPS) is 13.2. The molecule has 1 atom stereocenters. The monoisotopic (exact) mass is 405 g/mol. The number of nitrogens with zero attached hydrogens (tertiary/aromatic N) is 1. The summed E-state index contributed by atoms with van der Waals surface area (Å²) < 4.78 is 45.9. The number of halogens is 4. The van der Waals surface area contributed by atoms with E-state index in [1.54, 1.807) is 33.8 Å². The topological polar surface area (TPSA) is 76.2 Å². The number of benzene rings is 1. The van der Waals surface area contributed by atoms with Gasteiger partial charge in [-0.05, 0) is 52.0 Å². The number of alkyl halides is 3. The molecule has 1 amide bonds. The Balaban J connectivity index is 2.11. The minimum Gasteiger partial charge on any atom is -0.444 e. The first kappa shape index (κ1) is 20.9. The van der Waals surface area contributed by atoms with E-state index in [0.29, 0.717) is 17.0 Å². The summed E-state index contributed by atoms with van der Waals surface area (Å²) in [5, 5.41) is 9.33. The highest BCUT2D eigenvalue weighted by molar-refractivity contribution is 6.32. The van der Waals surface area contributed by atoms with Crippen LogP contribution >= 0.6 is 11.6 Å². The molecule has 27 heavy (non-hydrogen) atoms. The molecule has 0 aliphatic heterocycles. The Labute approximate surface area is 159 Å². The van der Waals surface area contributed by atoms with Crippen molar-refractivity contribution in [2.24, 2.45) is 0 Å². The predicted molar refractivity (Wildman–Crippen MR) is 93.5 cm³/mol. The minimum absolute atomic E-state index is 0.200. The molecule has 0 radical (unpaired) electrons. The summed E-state index contributed by atoms with van der Waals surface area (Å²) in [5.41, 5.74) is 0.896. The average molecular weight is 406 g/mol. The van der Waals surface area contributed by atoms with E-state index < -0.39 is 29.8 Å². The van der Waals surface area contributed by atoms with Crippen molar-refractivity contribution in [3.05, 3.63) is 35.0 Å². The molecule has 0 saturated carbocycles. The molecule has 0 fully saturated rings. The van der Waals surface area contributed by atoms with Crippen molar-refractivity contribution >= 4 is 17.7 Å². The van der Waals surface area contributed by atoms with Crippen LogP contribution in [-0.2, 0) is 4.74 Å². The van der Waals surface area contributed by atoms with E-state index in [1.165, 1.54) is 12.1 Å². The zero-order valence-electron chi connectivity index (χ0n) is 15.1. The molecule has 1 aromatic heterocycles. The lowest BCUT2D eigenvalue weighted by Crippen LogP contribution is -2.34. The zero-order valence-corrected chi connectivity index (χ0v) is 15.8. The number of nitrogens with one attached hydrogen (secondary N) is 2. The van der Waals surface area contributed by atoms with Crippen LogP contribution in [0, 0.1) is 0 Å². The number of alkyl carbamates (subject to hydrolysis) is 1. The second kappa shape index (κ2) is 7.67. The smallest absolute Gasteiger partial charge is 0.444 e. The largest absolute Gasteiger partial charge is 0.573 e. The van der Waals surface area contributed by atoms with Gasteiger partial charge in [-0.25, -0.2) is 4.79 Å². The van der Waals surface area contributed by atoms with Crippen molar-refractivity contribution in [2.75, 3.05) is 0 Å². The van der Waals surface area contributed by atoms with E-state index in [4.69, 9.17) is 16.3 Å². The van der Waals surface area contributed by atoms with Crippen LogP contribution < -0.4 is 10.1 Å². The number of hydrogen-bond donors (Lipinski definition) is 2. The van der Waals surface area contributed by atoms with Gasteiger partial charge in [0.05, 0.1) is 22.5 Å². The third-order valence-electron chi connectivity index (χ3n) is 3.25. The number of ether oxygens (including phenoxy) is 2. The van der Waals surface area contributed by atoms with Crippen molar-refractivity contribution in [1.82, 2.24) is 15.5 Å². The average Bonchev–Trinajstić information content (AvgIpc) is 2.96. The SMILES string of the molecule is C[C@H](NC(=O)OC(C)(C)C)c1cc(-c2ccc(OC(F)(F)F)c(Cl)c2)n[nH]1. The molecule has 0 saturated heterocycles. The lowest BCUT2D eigenvalue weighted by atomic mass is 10.1. The minimum atomic E-state index is -4.83. The fraction of sp³-hybridized carbons (Fsp3) is 0.412. The van der Waals surface area contributed by atoms with Gasteiger partial charge in [-0.15, -0.1) is 13.2 Å². The van der Waals surface area contributed by atoms with Gasteiger partial charge in [0.25, 0.3) is 0 Å². The molecule has 1 heterocycles. The Kier molecular flexibility index (Phi) is 5.94. The first-order chi connectivity index (χ1) is 12.3. The van der Waals surface area contributed by atoms with Crippen molar-refractivity contribution < 1.29 is 27.4 Å². The van der Waals surface area contributed by atoms with Crippen LogP contribution in [-0.4, -0.2) is 28.3 Å². The summed E-state index contributed by atoms with van der Waals surface area (Å²) >= 11 is 5.85. The lowest BCUT2D eigenvalue weighted by Gasteiger charge is -2.21. The van der Waals surface area contributed by atoms with E-state index in [-0.39, 0.29) is 5.02 Å². The van der Waals surface area contributed by atoms with Gasteiger partial charge < -0.3 is 14.8 Å². The molecule has 2 aromatic rings. The maximum Gasteiger partial charge on any atom is 0.573 e. The van der Waals surface area contributed by atoms with Crippen LogP contribution in [0.4, 0.5) is 18.0 Å². The summed E-state index contributed by atoms with van der Waals surface area (Å²) in [7, 11) is 0. The quantitative estimate of drug-likeness (QED) is 0.731. The molecule has 0 unspecified atom stereocenters. The van der Waals surface area contributed by atoms with Crippen molar-refractivity contribution in [3.8, 4) is 17.0 Å². The Morgan fingerprint density at radius 1 is 1.26 bits per heavy atom. The fourth-order valence-corrected chi connectivity index (χ4v) is 2.36. The second-order valence-corrected chi connectivity index (χ2v) is 7.18. The molecule has 0 aliphatic carbocycles. The third-order valence-corrected chi connectivity index (χ3v) is 3.55. The first-order valence-electron chi connectivity index (χ1n) is 7.94. The maximum atomic E-state index is 12.3. The number of H-pyrrole nitrogens is 1. The maximum absolute atomic E-state index is 12.3. The molecular formula is C17H19ClF3N3O3. The van der Waals surface area contributed by atoms with Gasteiger partial charge in [-0.3, -0.25) is 5.10 Å². The Morgan fingerprint density at radius 2 is 1.93 bits per heavy atom. The van der Waals surface area contributed by atoms with Gasteiger partial charge in [0.2, 0.25) is 0 Å². The molecule has 6 nitrogen and oxygen atoms in total. The molecule has 0 bridgehead atoms. The number of hydrogen-bond acceptors (Lipinski definition) is 4. The van der Waals surface area contributed by atoms with E-state index in [9.17, 15) is 18.0 Å². The highest BCUT2D eigenvalue weighted by atomic mass is 35.5. The lowest BCUT2D eigenvalue weighted by molar-refractivity contribution is -0.274. The molecule has 1 aromatic carbocycles. The molecule has 2 rings (SSSR count). The number of carbonyl (C=O) groups excluding carboxylic acids is 1. The molecular weight excluding hydrogens is 387 g/mol. The Bertz CT molecular complexity index is 816.